The second-order valence-corrected chi connectivity index (χ2v) is 5.83. The average molecular weight is 247 g/mol. The number of para-hydroxylation sites is 1. The Kier molecular flexibility index (Phi) is 4.28. The first-order valence-electron chi connectivity index (χ1n) is 7.10. The van der Waals surface area contributed by atoms with Crippen molar-refractivity contribution in [3.05, 3.63) is 29.8 Å². The van der Waals surface area contributed by atoms with Gasteiger partial charge in [-0.3, -0.25) is 0 Å². The van der Waals surface area contributed by atoms with Gasteiger partial charge in [0.2, 0.25) is 0 Å². The lowest BCUT2D eigenvalue weighted by Crippen LogP contribution is -2.25. The molecule has 0 amide bonds. The Bertz CT molecular complexity index is 386. The van der Waals surface area contributed by atoms with E-state index in [1.54, 1.807) is 0 Å². The molecule has 18 heavy (non-hydrogen) atoms. The summed E-state index contributed by atoms with van der Waals surface area (Å²) in [6, 6.07) is 8.60. The van der Waals surface area contributed by atoms with Gasteiger partial charge < -0.3 is 10.1 Å². The van der Waals surface area contributed by atoms with Gasteiger partial charge in [0, 0.05) is 12.2 Å². The normalized spacial score (nSPS) is 22.1. The van der Waals surface area contributed by atoms with Gasteiger partial charge in [-0.1, -0.05) is 31.5 Å². The summed E-state index contributed by atoms with van der Waals surface area (Å²) in [5.74, 6) is 0. The largest absolute Gasteiger partial charge is 0.382 e. The Morgan fingerprint density at radius 1 is 1.33 bits per heavy atom. The summed E-state index contributed by atoms with van der Waals surface area (Å²) < 4.78 is 6.01. The average Bonchev–Trinajstić information content (AvgIpc) is 2.68. The van der Waals surface area contributed by atoms with E-state index < -0.39 is 0 Å². The summed E-state index contributed by atoms with van der Waals surface area (Å²) in [5.41, 5.74) is 2.75. The lowest BCUT2D eigenvalue weighted by Gasteiger charge is -2.20. The van der Waals surface area contributed by atoms with Crippen molar-refractivity contribution < 1.29 is 4.74 Å². The zero-order valence-corrected chi connectivity index (χ0v) is 11.8. The van der Waals surface area contributed by atoms with Crippen LogP contribution in [0.2, 0.25) is 0 Å². The van der Waals surface area contributed by atoms with E-state index in [0.717, 1.165) is 25.8 Å². The Balaban J connectivity index is 1.90. The lowest BCUT2D eigenvalue weighted by atomic mass is 10.1. The molecule has 0 saturated carbocycles. The van der Waals surface area contributed by atoms with Gasteiger partial charge in [0.25, 0.3) is 0 Å². The molecule has 1 aliphatic rings. The first-order valence-corrected chi connectivity index (χ1v) is 7.10. The molecule has 2 rings (SSSR count). The third-order valence-corrected chi connectivity index (χ3v) is 3.61. The number of nitrogens with one attached hydrogen (secondary N) is 1. The maximum atomic E-state index is 6.01. The number of benzene rings is 1. The molecule has 1 fully saturated rings. The van der Waals surface area contributed by atoms with Gasteiger partial charge >= 0.3 is 0 Å². The van der Waals surface area contributed by atoms with Crippen LogP contribution in [0.15, 0.2) is 24.3 Å². The molecular formula is C16H25NO. The van der Waals surface area contributed by atoms with E-state index in [4.69, 9.17) is 4.74 Å². The SMILES string of the molecule is CCCc1ccccc1NCC1CCC(C)(C)O1. The van der Waals surface area contributed by atoms with E-state index >= 15 is 0 Å². The van der Waals surface area contributed by atoms with Crippen LogP contribution in [0.4, 0.5) is 5.69 Å². The van der Waals surface area contributed by atoms with Crippen molar-refractivity contribution in [2.75, 3.05) is 11.9 Å². The summed E-state index contributed by atoms with van der Waals surface area (Å²) in [5, 5.41) is 3.55. The van der Waals surface area contributed by atoms with Crippen LogP contribution in [-0.2, 0) is 11.2 Å². The van der Waals surface area contributed by atoms with Crippen molar-refractivity contribution >= 4 is 5.69 Å². The monoisotopic (exact) mass is 247 g/mol. The first-order chi connectivity index (χ1) is 8.61. The standard InChI is InChI=1S/C16H25NO/c1-4-7-13-8-5-6-9-15(13)17-12-14-10-11-16(2,3)18-14/h5-6,8-9,14,17H,4,7,10-12H2,1-3H3. The van der Waals surface area contributed by atoms with E-state index in [-0.39, 0.29) is 5.60 Å². The van der Waals surface area contributed by atoms with Crippen LogP contribution in [0.1, 0.15) is 45.6 Å². The molecule has 2 nitrogen and oxygen atoms in total. The van der Waals surface area contributed by atoms with Crippen LogP contribution < -0.4 is 5.32 Å². The van der Waals surface area contributed by atoms with E-state index in [0.29, 0.717) is 6.10 Å². The van der Waals surface area contributed by atoms with Crippen molar-refractivity contribution in [2.45, 2.75) is 58.2 Å². The molecule has 1 aliphatic heterocycles. The summed E-state index contributed by atoms with van der Waals surface area (Å²) in [6.45, 7) is 7.50. The molecule has 0 bridgehead atoms. The van der Waals surface area contributed by atoms with Crippen LogP contribution in [0, 0.1) is 0 Å². The number of hydrogen-bond acceptors (Lipinski definition) is 2. The lowest BCUT2D eigenvalue weighted by molar-refractivity contribution is -0.00911. The van der Waals surface area contributed by atoms with Crippen LogP contribution in [0.3, 0.4) is 0 Å². The molecule has 1 heterocycles. The molecule has 1 aromatic carbocycles. The molecule has 1 saturated heterocycles. The number of aryl methyl sites for hydroxylation is 1. The highest BCUT2D eigenvalue weighted by atomic mass is 16.5. The van der Waals surface area contributed by atoms with Gasteiger partial charge in [-0.2, -0.15) is 0 Å². The Hall–Kier alpha value is -1.02. The summed E-state index contributed by atoms with van der Waals surface area (Å²) in [4.78, 5) is 0. The van der Waals surface area contributed by atoms with Crippen molar-refractivity contribution in [1.82, 2.24) is 0 Å². The second kappa shape index (κ2) is 5.75. The molecular weight excluding hydrogens is 222 g/mol. The van der Waals surface area contributed by atoms with Crippen LogP contribution in [0.5, 0.6) is 0 Å². The maximum Gasteiger partial charge on any atom is 0.0755 e. The number of hydrogen-bond donors (Lipinski definition) is 1. The molecule has 0 radical (unpaired) electrons. The van der Waals surface area contributed by atoms with E-state index in [2.05, 4.69) is 50.4 Å². The predicted octanol–water partition coefficient (Wildman–Crippen LogP) is 4.01. The van der Waals surface area contributed by atoms with Crippen LogP contribution in [0.25, 0.3) is 0 Å². The van der Waals surface area contributed by atoms with E-state index in [1.165, 1.54) is 17.7 Å². The zero-order valence-electron chi connectivity index (χ0n) is 11.8. The Morgan fingerprint density at radius 3 is 2.78 bits per heavy atom. The highest BCUT2D eigenvalue weighted by Gasteiger charge is 2.31. The summed E-state index contributed by atoms with van der Waals surface area (Å²) >= 11 is 0. The van der Waals surface area contributed by atoms with Crippen molar-refractivity contribution in [1.29, 1.82) is 0 Å². The number of rotatable bonds is 5. The molecule has 0 aliphatic carbocycles. The molecule has 2 heteroatoms. The second-order valence-electron chi connectivity index (χ2n) is 5.83. The minimum absolute atomic E-state index is 0.0648. The maximum absolute atomic E-state index is 6.01. The molecule has 0 spiro atoms. The van der Waals surface area contributed by atoms with Gasteiger partial charge in [-0.25, -0.2) is 0 Å². The third kappa shape index (κ3) is 3.49. The quantitative estimate of drug-likeness (QED) is 0.849. The molecule has 100 valence electrons. The van der Waals surface area contributed by atoms with E-state index in [1.807, 2.05) is 0 Å². The fourth-order valence-corrected chi connectivity index (χ4v) is 2.63. The van der Waals surface area contributed by atoms with Crippen LogP contribution in [-0.4, -0.2) is 18.2 Å². The van der Waals surface area contributed by atoms with Crippen molar-refractivity contribution in [3.8, 4) is 0 Å². The first kappa shape index (κ1) is 13.4. The smallest absolute Gasteiger partial charge is 0.0755 e. The van der Waals surface area contributed by atoms with Gasteiger partial charge in [0.1, 0.15) is 0 Å². The summed E-state index contributed by atoms with van der Waals surface area (Å²) in [7, 11) is 0. The predicted molar refractivity (Wildman–Crippen MR) is 77.1 cm³/mol. The van der Waals surface area contributed by atoms with Gasteiger partial charge in [-0.05, 0) is 44.7 Å². The molecule has 0 aromatic heterocycles. The minimum atomic E-state index is 0.0648. The van der Waals surface area contributed by atoms with Gasteiger partial charge in [0.05, 0.1) is 11.7 Å². The van der Waals surface area contributed by atoms with E-state index in [9.17, 15) is 0 Å². The zero-order chi connectivity index (χ0) is 13.0. The topological polar surface area (TPSA) is 21.3 Å². The Morgan fingerprint density at radius 2 is 2.11 bits per heavy atom. The van der Waals surface area contributed by atoms with Crippen LogP contribution >= 0.6 is 0 Å². The van der Waals surface area contributed by atoms with Crippen molar-refractivity contribution in [3.63, 3.8) is 0 Å². The molecule has 1 atom stereocenters. The van der Waals surface area contributed by atoms with Gasteiger partial charge in [0.15, 0.2) is 0 Å². The highest BCUT2D eigenvalue weighted by molar-refractivity contribution is 5.51. The highest BCUT2D eigenvalue weighted by Crippen LogP contribution is 2.29. The third-order valence-electron chi connectivity index (χ3n) is 3.61. The molecule has 1 N–H and O–H groups in total. The summed E-state index contributed by atoms with van der Waals surface area (Å²) in [6.07, 6.45) is 5.01. The molecule has 1 unspecified atom stereocenters. The minimum Gasteiger partial charge on any atom is -0.382 e. The fourth-order valence-electron chi connectivity index (χ4n) is 2.63. The number of ether oxygens (including phenoxy) is 1. The number of anilines is 1. The molecule has 1 aromatic rings. The Labute approximate surface area is 111 Å². The van der Waals surface area contributed by atoms with Gasteiger partial charge in [-0.15, -0.1) is 0 Å². The fraction of sp³-hybridized carbons (Fsp3) is 0.625. The van der Waals surface area contributed by atoms with Crippen molar-refractivity contribution in [2.24, 2.45) is 0 Å².